The van der Waals surface area contributed by atoms with Crippen molar-refractivity contribution in [1.82, 2.24) is 14.9 Å². The molecule has 0 spiro atoms. The molecule has 2 unspecified atom stereocenters. The lowest BCUT2D eigenvalue weighted by Crippen LogP contribution is -2.50. The SMILES string of the molecule is CC1CCN(c2cncc3nc(N)oc23)CC1C(=O)N1CCc2cc(Cl)cc(Cl)c2[C@@H]1C. The van der Waals surface area contributed by atoms with Gasteiger partial charge in [-0.1, -0.05) is 30.1 Å². The molecule has 1 saturated heterocycles. The molecule has 0 bridgehead atoms. The van der Waals surface area contributed by atoms with Gasteiger partial charge in [-0.2, -0.15) is 4.98 Å². The van der Waals surface area contributed by atoms with Crippen LogP contribution in [0.3, 0.4) is 0 Å². The molecule has 0 saturated carbocycles. The van der Waals surface area contributed by atoms with Gasteiger partial charge in [0.15, 0.2) is 5.58 Å². The van der Waals surface area contributed by atoms with E-state index in [1.54, 1.807) is 18.5 Å². The summed E-state index contributed by atoms with van der Waals surface area (Å²) in [4.78, 5) is 26.4. The number of aromatic nitrogens is 2. The second-order valence-corrected chi connectivity index (χ2v) is 9.64. The molecule has 0 radical (unpaired) electrons. The molecule has 7 nitrogen and oxygen atoms in total. The number of rotatable bonds is 2. The van der Waals surface area contributed by atoms with E-state index in [0.717, 1.165) is 36.2 Å². The van der Waals surface area contributed by atoms with Gasteiger partial charge < -0.3 is 20.0 Å². The predicted molar refractivity (Wildman–Crippen MR) is 126 cm³/mol. The molecule has 2 N–H and O–H groups in total. The van der Waals surface area contributed by atoms with Crippen molar-refractivity contribution >= 4 is 51.9 Å². The maximum atomic E-state index is 13.8. The van der Waals surface area contributed by atoms with Gasteiger partial charge in [0.2, 0.25) is 5.91 Å². The summed E-state index contributed by atoms with van der Waals surface area (Å²) < 4.78 is 5.63. The first-order valence-corrected chi connectivity index (χ1v) is 11.6. The van der Waals surface area contributed by atoms with Crippen LogP contribution in [0.15, 0.2) is 28.9 Å². The third-order valence-electron chi connectivity index (χ3n) is 6.88. The second kappa shape index (κ2) is 8.12. The Morgan fingerprint density at radius 2 is 2.03 bits per heavy atom. The van der Waals surface area contributed by atoms with E-state index < -0.39 is 0 Å². The summed E-state index contributed by atoms with van der Waals surface area (Å²) in [6.45, 7) is 6.26. The molecule has 5 rings (SSSR count). The Bertz CT molecular complexity index is 1200. The number of nitrogens with two attached hydrogens (primary N) is 1. The highest BCUT2D eigenvalue weighted by molar-refractivity contribution is 6.35. The van der Waals surface area contributed by atoms with Gasteiger partial charge in [0.05, 0.1) is 24.4 Å². The van der Waals surface area contributed by atoms with E-state index in [9.17, 15) is 4.79 Å². The molecule has 4 heterocycles. The first kappa shape index (κ1) is 21.3. The Morgan fingerprint density at radius 3 is 2.84 bits per heavy atom. The summed E-state index contributed by atoms with van der Waals surface area (Å²) in [7, 11) is 0. The average Bonchev–Trinajstić information content (AvgIpc) is 3.13. The molecule has 1 amide bonds. The minimum atomic E-state index is -0.144. The number of halogens is 2. The monoisotopic (exact) mass is 473 g/mol. The zero-order valence-electron chi connectivity index (χ0n) is 18.0. The van der Waals surface area contributed by atoms with Gasteiger partial charge in [0, 0.05) is 29.7 Å². The Balaban J connectivity index is 1.42. The maximum Gasteiger partial charge on any atom is 0.293 e. The fraction of sp³-hybridized carbons (Fsp3) is 0.435. The van der Waals surface area contributed by atoms with E-state index in [0.29, 0.717) is 34.2 Å². The molecule has 1 aromatic carbocycles. The molecule has 168 valence electrons. The van der Waals surface area contributed by atoms with Crippen LogP contribution in [0.25, 0.3) is 11.1 Å². The van der Waals surface area contributed by atoms with Crippen LogP contribution in [0.1, 0.15) is 37.4 Å². The van der Waals surface area contributed by atoms with E-state index >= 15 is 0 Å². The zero-order chi connectivity index (χ0) is 22.6. The number of carbonyl (C=O) groups is 1. The Morgan fingerprint density at radius 1 is 1.22 bits per heavy atom. The van der Waals surface area contributed by atoms with E-state index in [1.807, 2.05) is 17.9 Å². The minimum Gasteiger partial charge on any atom is -0.421 e. The number of benzene rings is 1. The average molecular weight is 474 g/mol. The molecule has 3 atom stereocenters. The Labute approximate surface area is 196 Å². The van der Waals surface area contributed by atoms with Gasteiger partial charge in [-0.15, -0.1) is 0 Å². The summed E-state index contributed by atoms with van der Waals surface area (Å²) in [5.74, 6) is 0.276. The van der Waals surface area contributed by atoms with E-state index in [-0.39, 0.29) is 29.8 Å². The lowest BCUT2D eigenvalue weighted by molar-refractivity contribution is -0.140. The number of fused-ring (bicyclic) bond motifs is 2. The molecule has 2 aliphatic heterocycles. The van der Waals surface area contributed by atoms with Crippen molar-refractivity contribution < 1.29 is 9.21 Å². The number of amides is 1. The summed E-state index contributed by atoms with van der Waals surface area (Å²) >= 11 is 12.7. The fourth-order valence-corrected chi connectivity index (χ4v) is 5.80. The van der Waals surface area contributed by atoms with Gasteiger partial charge in [-0.3, -0.25) is 9.78 Å². The van der Waals surface area contributed by atoms with E-state index in [2.05, 4.69) is 21.8 Å². The van der Waals surface area contributed by atoms with Gasteiger partial charge in [0.1, 0.15) is 11.2 Å². The van der Waals surface area contributed by atoms with Crippen LogP contribution >= 0.6 is 23.2 Å². The highest BCUT2D eigenvalue weighted by atomic mass is 35.5. The Hall–Kier alpha value is -2.51. The quantitative estimate of drug-likeness (QED) is 0.578. The highest BCUT2D eigenvalue weighted by Crippen LogP contribution is 2.39. The normalized spacial score (nSPS) is 23.4. The molecular formula is C23H25Cl2N5O2. The number of oxazole rings is 1. The van der Waals surface area contributed by atoms with Gasteiger partial charge >= 0.3 is 0 Å². The van der Waals surface area contributed by atoms with Crippen LogP contribution in [0.5, 0.6) is 0 Å². The lowest BCUT2D eigenvalue weighted by Gasteiger charge is -2.43. The lowest BCUT2D eigenvalue weighted by atomic mass is 9.84. The number of carbonyl (C=O) groups excluding carboxylic acids is 1. The Kier molecular flexibility index (Phi) is 5.42. The summed E-state index contributed by atoms with van der Waals surface area (Å²) in [6, 6.07) is 3.74. The van der Waals surface area contributed by atoms with Crippen LogP contribution in [0.2, 0.25) is 10.0 Å². The highest BCUT2D eigenvalue weighted by Gasteiger charge is 2.39. The van der Waals surface area contributed by atoms with Crippen LogP contribution in [-0.4, -0.2) is 40.4 Å². The van der Waals surface area contributed by atoms with Crippen LogP contribution in [0, 0.1) is 11.8 Å². The molecule has 0 aliphatic carbocycles. The fourth-order valence-electron chi connectivity index (χ4n) is 5.11. The number of pyridine rings is 1. The van der Waals surface area contributed by atoms with Crippen molar-refractivity contribution in [3.05, 3.63) is 45.7 Å². The van der Waals surface area contributed by atoms with Crippen LogP contribution in [0.4, 0.5) is 11.7 Å². The number of nitrogens with zero attached hydrogens (tertiary/aromatic N) is 4. The number of piperidine rings is 1. The van der Waals surface area contributed by atoms with Crippen molar-refractivity contribution in [1.29, 1.82) is 0 Å². The van der Waals surface area contributed by atoms with Crippen LogP contribution in [-0.2, 0) is 11.2 Å². The molecule has 3 aromatic rings. The summed E-state index contributed by atoms with van der Waals surface area (Å²) in [6.07, 6.45) is 5.03. The molecule has 32 heavy (non-hydrogen) atoms. The predicted octanol–water partition coefficient (Wildman–Crippen LogP) is 4.72. The van der Waals surface area contributed by atoms with Gasteiger partial charge in [-0.25, -0.2) is 0 Å². The minimum absolute atomic E-state index is 0.0993. The van der Waals surface area contributed by atoms with Crippen molar-refractivity contribution in [2.24, 2.45) is 11.8 Å². The molecule has 1 fully saturated rings. The standard InChI is InChI=1S/C23H25Cl2N5O2/c1-12-3-5-29(19-10-27-9-18-21(19)32-23(26)28-18)11-16(12)22(31)30-6-4-14-7-15(24)8-17(25)20(14)13(30)2/h7-10,12-13,16H,3-6,11H2,1-2H3,(H2,26,28)/t12?,13-,16?/m0/s1. The molecule has 9 heteroatoms. The first-order valence-electron chi connectivity index (χ1n) is 10.9. The van der Waals surface area contributed by atoms with Crippen molar-refractivity contribution in [3.8, 4) is 0 Å². The van der Waals surface area contributed by atoms with E-state index in [4.69, 9.17) is 33.4 Å². The molecule has 2 aromatic heterocycles. The summed E-state index contributed by atoms with van der Waals surface area (Å²) in [5, 5.41) is 1.25. The topological polar surface area (TPSA) is 88.5 Å². The molecule has 2 aliphatic rings. The third kappa shape index (κ3) is 3.57. The largest absolute Gasteiger partial charge is 0.421 e. The van der Waals surface area contributed by atoms with Crippen molar-refractivity contribution in [2.75, 3.05) is 30.3 Å². The number of anilines is 2. The maximum absolute atomic E-state index is 13.8. The molecular weight excluding hydrogens is 449 g/mol. The van der Waals surface area contributed by atoms with Crippen LogP contribution < -0.4 is 10.6 Å². The van der Waals surface area contributed by atoms with Gasteiger partial charge in [0.25, 0.3) is 6.01 Å². The smallest absolute Gasteiger partial charge is 0.293 e. The number of hydrogen-bond donors (Lipinski definition) is 1. The van der Waals surface area contributed by atoms with Gasteiger partial charge in [-0.05, 0) is 48.9 Å². The summed E-state index contributed by atoms with van der Waals surface area (Å²) in [5.41, 5.74) is 9.94. The number of nitrogen functional groups attached to an aromatic ring is 1. The van der Waals surface area contributed by atoms with E-state index in [1.165, 1.54) is 0 Å². The third-order valence-corrected chi connectivity index (χ3v) is 7.41. The number of hydrogen-bond acceptors (Lipinski definition) is 6. The van der Waals surface area contributed by atoms with Crippen molar-refractivity contribution in [2.45, 2.75) is 32.7 Å². The zero-order valence-corrected chi connectivity index (χ0v) is 19.5. The van der Waals surface area contributed by atoms with Crippen molar-refractivity contribution in [3.63, 3.8) is 0 Å². The second-order valence-electron chi connectivity index (χ2n) is 8.80. The first-order chi connectivity index (χ1) is 15.3.